The molecule has 0 fully saturated rings. The fourth-order valence-corrected chi connectivity index (χ4v) is 3.89. The Kier molecular flexibility index (Phi) is 5.34. The van der Waals surface area contributed by atoms with Gasteiger partial charge in [0, 0.05) is 17.2 Å². The van der Waals surface area contributed by atoms with E-state index in [1.807, 2.05) is 49.4 Å². The van der Waals surface area contributed by atoms with Crippen molar-refractivity contribution in [3.05, 3.63) is 71.8 Å². The molecule has 28 heavy (non-hydrogen) atoms. The molecule has 0 atom stereocenters. The Morgan fingerprint density at radius 2 is 1.89 bits per heavy atom. The molecule has 3 heterocycles. The molecule has 6 nitrogen and oxygen atoms in total. The third-order valence-electron chi connectivity index (χ3n) is 4.41. The van der Waals surface area contributed by atoms with Crippen LogP contribution in [0.3, 0.4) is 0 Å². The minimum absolute atomic E-state index is 0.273. The van der Waals surface area contributed by atoms with Gasteiger partial charge in [-0.25, -0.2) is 4.98 Å². The van der Waals surface area contributed by atoms with Crippen LogP contribution in [0.25, 0.3) is 11.5 Å². The van der Waals surface area contributed by atoms with E-state index in [2.05, 4.69) is 33.6 Å². The molecule has 0 N–H and O–H groups in total. The molecule has 0 unspecified atom stereocenters. The van der Waals surface area contributed by atoms with Gasteiger partial charge in [-0.1, -0.05) is 43.8 Å². The molecule has 0 radical (unpaired) electrons. The topological polar surface area (TPSA) is 69.9 Å². The van der Waals surface area contributed by atoms with Crippen LogP contribution in [0.15, 0.2) is 62.7 Å². The van der Waals surface area contributed by atoms with Gasteiger partial charge < -0.3 is 8.83 Å². The zero-order chi connectivity index (χ0) is 19.5. The fraction of sp³-hybridized carbons (Fsp3) is 0.286. The van der Waals surface area contributed by atoms with Crippen molar-refractivity contribution in [2.24, 2.45) is 0 Å². The maximum absolute atomic E-state index is 5.87. The van der Waals surface area contributed by atoms with Crippen molar-refractivity contribution in [1.29, 1.82) is 0 Å². The second-order valence-corrected chi connectivity index (χ2v) is 7.78. The summed E-state index contributed by atoms with van der Waals surface area (Å²) in [6, 6.07) is 13.8. The van der Waals surface area contributed by atoms with E-state index in [9.17, 15) is 0 Å². The van der Waals surface area contributed by atoms with Crippen molar-refractivity contribution in [3.8, 4) is 11.5 Å². The van der Waals surface area contributed by atoms with Gasteiger partial charge in [-0.05, 0) is 31.2 Å². The van der Waals surface area contributed by atoms with Gasteiger partial charge in [-0.15, -0.1) is 10.2 Å². The summed E-state index contributed by atoms with van der Waals surface area (Å²) >= 11 is 1.61. The molecule has 144 valence electrons. The van der Waals surface area contributed by atoms with E-state index in [1.54, 1.807) is 18.0 Å². The predicted octanol–water partition coefficient (Wildman–Crippen LogP) is 5.30. The van der Waals surface area contributed by atoms with Crippen LogP contribution < -0.4 is 0 Å². The van der Waals surface area contributed by atoms with Crippen LogP contribution in [0, 0.1) is 6.92 Å². The number of aromatic nitrogens is 4. The minimum Gasteiger partial charge on any atom is -0.467 e. The summed E-state index contributed by atoms with van der Waals surface area (Å²) in [7, 11) is 0. The van der Waals surface area contributed by atoms with Crippen LogP contribution in [-0.2, 0) is 12.3 Å². The lowest BCUT2D eigenvalue weighted by Crippen LogP contribution is -2.07. The SMILES string of the molecule is Cc1oc(-c2ccccc2)nc1CSc1nnc(C(C)C)n1Cc1ccco1. The first kappa shape index (κ1) is 18.6. The quantitative estimate of drug-likeness (QED) is 0.396. The van der Waals surface area contributed by atoms with Crippen molar-refractivity contribution in [2.75, 3.05) is 0 Å². The Morgan fingerprint density at radius 3 is 2.61 bits per heavy atom. The van der Waals surface area contributed by atoms with Crippen molar-refractivity contribution < 1.29 is 8.83 Å². The molecule has 0 bridgehead atoms. The summed E-state index contributed by atoms with van der Waals surface area (Å²) < 4.78 is 13.5. The first-order chi connectivity index (χ1) is 13.6. The van der Waals surface area contributed by atoms with Gasteiger partial charge in [0.25, 0.3) is 0 Å². The first-order valence-corrected chi connectivity index (χ1v) is 10.2. The second-order valence-electron chi connectivity index (χ2n) is 6.84. The van der Waals surface area contributed by atoms with Gasteiger partial charge in [0.1, 0.15) is 17.3 Å². The number of oxazole rings is 1. The van der Waals surface area contributed by atoms with Gasteiger partial charge >= 0.3 is 0 Å². The van der Waals surface area contributed by atoms with Crippen molar-refractivity contribution in [3.63, 3.8) is 0 Å². The zero-order valence-corrected chi connectivity index (χ0v) is 16.9. The van der Waals surface area contributed by atoms with E-state index in [0.717, 1.165) is 33.8 Å². The molecule has 7 heteroatoms. The van der Waals surface area contributed by atoms with Gasteiger partial charge in [0.2, 0.25) is 5.89 Å². The summed E-state index contributed by atoms with van der Waals surface area (Å²) in [6.45, 7) is 6.79. The van der Waals surface area contributed by atoms with Gasteiger partial charge in [-0.3, -0.25) is 4.57 Å². The lowest BCUT2D eigenvalue weighted by Gasteiger charge is -2.10. The average molecular weight is 395 g/mol. The number of furan rings is 1. The highest BCUT2D eigenvalue weighted by Gasteiger charge is 2.18. The number of rotatable bonds is 7. The Bertz CT molecular complexity index is 1040. The van der Waals surface area contributed by atoms with E-state index in [4.69, 9.17) is 8.83 Å². The number of nitrogens with zero attached hydrogens (tertiary/aromatic N) is 4. The summed E-state index contributed by atoms with van der Waals surface area (Å²) in [5, 5.41) is 9.64. The Hall–Kier alpha value is -2.80. The molecule has 0 aliphatic rings. The fourth-order valence-electron chi connectivity index (χ4n) is 2.94. The predicted molar refractivity (Wildman–Crippen MR) is 108 cm³/mol. The molecule has 0 saturated heterocycles. The monoisotopic (exact) mass is 394 g/mol. The second kappa shape index (κ2) is 8.06. The largest absolute Gasteiger partial charge is 0.467 e. The summed E-state index contributed by atoms with van der Waals surface area (Å²) in [4.78, 5) is 4.68. The third-order valence-corrected chi connectivity index (χ3v) is 5.39. The number of aryl methyl sites for hydroxylation is 1. The van der Waals surface area contributed by atoms with Crippen LogP contribution in [0.2, 0.25) is 0 Å². The number of hydrogen-bond acceptors (Lipinski definition) is 6. The standard InChI is InChI=1S/C21H22N4O2S/c1-14(2)19-23-24-21(25(19)12-17-10-7-11-26-17)28-13-18-15(3)27-20(22-18)16-8-5-4-6-9-16/h4-11,14H,12-13H2,1-3H3. The molecule has 0 amide bonds. The Morgan fingerprint density at radius 1 is 1.07 bits per heavy atom. The molecule has 0 aliphatic carbocycles. The van der Waals surface area contributed by atoms with E-state index >= 15 is 0 Å². The van der Waals surface area contributed by atoms with Gasteiger partial charge in [-0.2, -0.15) is 0 Å². The van der Waals surface area contributed by atoms with E-state index in [1.165, 1.54) is 0 Å². The highest BCUT2D eigenvalue weighted by Crippen LogP contribution is 2.28. The molecular formula is C21H22N4O2S. The third kappa shape index (κ3) is 3.89. The Balaban J connectivity index is 1.55. The van der Waals surface area contributed by atoms with E-state index in [-0.39, 0.29) is 5.92 Å². The molecular weight excluding hydrogens is 372 g/mol. The highest BCUT2D eigenvalue weighted by molar-refractivity contribution is 7.98. The van der Waals surface area contributed by atoms with Crippen molar-refractivity contribution in [1.82, 2.24) is 19.7 Å². The number of benzene rings is 1. The highest BCUT2D eigenvalue weighted by atomic mass is 32.2. The maximum Gasteiger partial charge on any atom is 0.226 e. The summed E-state index contributed by atoms with van der Waals surface area (Å²) in [5.41, 5.74) is 1.90. The van der Waals surface area contributed by atoms with E-state index in [0.29, 0.717) is 18.2 Å². The Labute approximate surface area is 168 Å². The molecule has 3 aromatic heterocycles. The molecule has 0 spiro atoms. The molecule has 0 saturated carbocycles. The van der Waals surface area contributed by atoms with Crippen LogP contribution in [0.5, 0.6) is 0 Å². The van der Waals surface area contributed by atoms with E-state index < -0.39 is 0 Å². The lowest BCUT2D eigenvalue weighted by atomic mass is 10.2. The summed E-state index contributed by atoms with van der Waals surface area (Å²) in [5.74, 6) is 4.24. The average Bonchev–Trinajstić information content (AvgIpc) is 3.42. The minimum atomic E-state index is 0.273. The molecule has 4 rings (SSSR count). The maximum atomic E-state index is 5.87. The zero-order valence-electron chi connectivity index (χ0n) is 16.1. The smallest absolute Gasteiger partial charge is 0.226 e. The van der Waals surface area contributed by atoms with Crippen molar-refractivity contribution in [2.45, 2.75) is 44.1 Å². The molecule has 4 aromatic rings. The lowest BCUT2D eigenvalue weighted by molar-refractivity contribution is 0.475. The molecule has 1 aromatic carbocycles. The van der Waals surface area contributed by atoms with Crippen LogP contribution in [0.1, 0.15) is 42.8 Å². The van der Waals surface area contributed by atoms with Crippen molar-refractivity contribution >= 4 is 11.8 Å². The molecule has 0 aliphatic heterocycles. The van der Waals surface area contributed by atoms with Crippen LogP contribution >= 0.6 is 11.8 Å². The normalized spacial score (nSPS) is 11.4. The van der Waals surface area contributed by atoms with Gasteiger partial charge in [0.05, 0.1) is 18.5 Å². The van der Waals surface area contributed by atoms with Gasteiger partial charge in [0.15, 0.2) is 5.16 Å². The summed E-state index contributed by atoms with van der Waals surface area (Å²) in [6.07, 6.45) is 1.69. The number of thioether (sulfide) groups is 1. The van der Waals surface area contributed by atoms with Crippen LogP contribution in [-0.4, -0.2) is 19.7 Å². The number of hydrogen-bond donors (Lipinski definition) is 0. The first-order valence-electron chi connectivity index (χ1n) is 9.22. The van der Waals surface area contributed by atoms with Crippen LogP contribution in [0.4, 0.5) is 0 Å².